The molecule has 0 saturated carbocycles. The molecule has 2 saturated heterocycles. The molecule has 0 bridgehead atoms. The van der Waals surface area contributed by atoms with Gasteiger partial charge in [-0.05, 0) is 40.5 Å². The Morgan fingerprint density at radius 2 is 1.38 bits per heavy atom. The van der Waals surface area contributed by atoms with E-state index in [0.29, 0.717) is 13.2 Å². The number of hydrogen-bond acceptors (Lipinski definition) is 4. The van der Waals surface area contributed by atoms with E-state index in [1.807, 2.05) is 0 Å². The molecule has 0 aromatic heterocycles. The highest BCUT2D eigenvalue weighted by Gasteiger charge is 2.58. The highest BCUT2D eigenvalue weighted by molar-refractivity contribution is 6.49. The van der Waals surface area contributed by atoms with E-state index in [2.05, 4.69) is 27.7 Å². The zero-order chi connectivity index (χ0) is 12.0. The van der Waals surface area contributed by atoms with Crippen LogP contribution in [-0.4, -0.2) is 37.0 Å². The molecule has 2 heterocycles. The van der Waals surface area contributed by atoms with Crippen molar-refractivity contribution in [2.75, 3.05) is 13.2 Å². The van der Waals surface area contributed by atoms with Crippen molar-refractivity contribution >= 4 is 7.12 Å². The first-order valence-electron chi connectivity index (χ1n) is 5.99. The van der Waals surface area contributed by atoms with Gasteiger partial charge in [0.25, 0.3) is 0 Å². The number of nitrogens with two attached hydrogens (primary N) is 1. The van der Waals surface area contributed by atoms with Crippen LogP contribution >= 0.6 is 0 Å². The van der Waals surface area contributed by atoms with Gasteiger partial charge in [0.15, 0.2) is 0 Å². The summed E-state index contributed by atoms with van der Waals surface area (Å²) < 4.78 is 17.3. The zero-order valence-electron chi connectivity index (χ0n) is 10.7. The van der Waals surface area contributed by atoms with Gasteiger partial charge in [-0.2, -0.15) is 0 Å². The maximum atomic E-state index is 6.38. The third kappa shape index (κ3) is 1.90. The van der Waals surface area contributed by atoms with Gasteiger partial charge in [0.2, 0.25) is 0 Å². The van der Waals surface area contributed by atoms with Gasteiger partial charge in [-0.15, -0.1) is 0 Å². The van der Waals surface area contributed by atoms with Gasteiger partial charge in [0.05, 0.1) is 16.6 Å². The van der Waals surface area contributed by atoms with E-state index >= 15 is 0 Å². The SMILES string of the molecule is CC1(C)OB(C2(N)CCOCC2)OC1(C)C. The first kappa shape index (κ1) is 12.4. The Morgan fingerprint density at radius 3 is 1.81 bits per heavy atom. The molecule has 2 rings (SSSR count). The van der Waals surface area contributed by atoms with Gasteiger partial charge in [0.1, 0.15) is 0 Å². The molecule has 0 unspecified atom stereocenters. The molecule has 2 fully saturated rings. The molecule has 92 valence electrons. The van der Waals surface area contributed by atoms with Crippen LogP contribution in [0, 0.1) is 0 Å². The molecular weight excluding hydrogens is 205 g/mol. The normalized spacial score (nSPS) is 31.7. The fraction of sp³-hybridized carbons (Fsp3) is 1.00. The van der Waals surface area contributed by atoms with Crippen LogP contribution in [0.15, 0.2) is 0 Å². The predicted molar refractivity (Wildman–Crippen MR) is 63.1 cm³/mol. The molecule has 2 aliphatic rings. The van der Waals surface area contributed by atoms with E-state index < -0.39 is 5.44 Å². The monoisotopic (exact) mass is 227 g/mol. The number of rotatable bonds is 1. The smallest absolute Gasteiger partial charge is 0.402 e. The van der Waals surface area contributed by atoms with Crippen molar-refractivity contribution < 1.29 is 14.0 Å². The molecular formula is C11H22BNO3. The minimum Gasteiger partial charge on any atom is -0.402 e. The second-order valence-electron chi connectivity index (χ2n) is 5.93. The van der Waals surface area contributed by atoms with Crippen molar-refractivity contribution in [2.24, 2.45) is 5.73 Å². The summed E-state index contributed by atoms with van der Waals surface area (Å²) in [7, 11) is -0.318. The molecule has 0 spiro atoms. The molecule has 5 heteroatoms. The fourth-order valence-electron chi connectivity index (χ4n) is 2.06. The molecule has 4 nitrogen and oxygen atoms in total. The van der Waals surface area contributed by atoms with Crippen LogP contribution in [0.2, 0.25) is 0 Å². The lowest BCUT2D eigenvalue weighted by molar-refractivity contribution is 0.00578. The Labute approximate surface area is 98.0 Å². The van der Waals surface area contributed by atoms with Gasteiger partial charge in [-0.25, -0.2) is 0 Å². The molecule has 0 amide bonds. The fourth-order valence-corrected chi connectivity index (χ4v) is 2.06. The van der Waals surface area contributed by atoms with E-state index in [1.165, 1.54) is 0 Å². The third-order valence-electron chi connectivity index (χ3n) is 4.15. The van der Waals surface area contributed by atoms with Gasteiger partial charge >= 0.3 is 7.12 Å². The molecule has 0 aliphatic carbocycles. The Bertz CT molecular complexity index is 258. The van der Waals surface area contributed by atoms with Crippen molar-refractivity contribution in [1.29, 1.82) is 0 Å². The van der Waals surface area contributed by atoms with Crippen LogP contribution in [-0.2, 0) is 14.0 Å². The minimum atomic E-state index is -0.400. The maximum absolute atomic E-state index is 6.38. The maximum Gasteiger partial charge on any atom is 0.479 e. The van der Waals surface area contributed by atoms with Crippen molar-refractivity contribution in [1.82, 2.24) is 0 Å². The molecule has 0 radical (unpaired) electrons. The van der Waals surface area contributed by atoms with Crippen LogP contribution in [0.3, 0.4) is 0 Å². The lowest BCUT2D eigenvalue weighted by Crippen LogP contribution is -2.58. The first-order valence-corrected chi connectivity index (χ1v) is 5.99. The minimum absolute atomic E-state index is 0.303. The van der Waals surface area contributed by atoms with E-state index in [-0.39, 0.29) is 18.3 Å². The summed E-state index contributed by atoms with van der Waals surface area (Å²) in [6.45, 7) is 9.60. The average molecular weight is 227 g/mol. The van der Waals surface area contributed by atoms with Crippen molar-refractivity contribution in [3.8, 4) is 0 Å². The summed E-state index contributed by atoms with van der Waals surface area (Å²) in [6, 6.07) is 0. The van der Waals surface area contributed by atoms with Gasteiger partial charge in [0, 0.05) is 13.2 Å². The quantitative estimate of drug-likeness (QED) is 0.682. The Hall–Kier alpha value is -0.0951. The van der Waals surface area contributed by atoms with Crippen LogP contribution in [0.25, 0.3) is 0 Å². The lowest BCUT2D eigenvalue weighted by atomic mass is 9.61. The molecule has 2 N–H and O–H groups in total. The summed E-state index contributed by atoms with van der Waals surface area (Å²) in [6.07, 6.45) is 1.59. The average Bonchev–Trinajstić information content (AvgIpc) is 2.38. The summed E-state index contributed by atoms with van der Waals surface area (Å²) >= 11 is 0. The first-order chi connectivity index (χ1) is 7.27. The van der Waals surface area contributed by atoms with Crippen LogP contribution in [0.5, 0.6) is 0 Å². The van der Waals surface area contributed by atoms with Gasteiger partial charge < -0.3 is 19.8 Å². The molecule has 0 atom stereocenters. The highest BCUT2D eigenvalue weighted by Crippen LogP contribution is 2.40. The number of hydrogen-bond donors (Lipinski definition) is 1. The Balaban J connectivity index is 2.13. The lowest BCUT2D eigenvalue weighted by Gasteiger charge is -2.34. The van der Waals surface area contributed by atoms with Crippen LogP contribution < -0.4 is 5.73 Å². The van der Waals surface area contributed by atoms with Crippen LogP contribution in [0.1, 0.15) is 40.5 Å². The summed E-state index contributed by atoms with van der Waals surface area (Å²) in [5.74, 6) is 0. The van der Waals surface area contributed by atoms with E-state index in [9.17, 15) is 0 Å². The molecule has 0 aromatic carbocycles. The van der Waals surface area contributed by atoms with Gasteiger partial charge in [-0.3, -0.25) is 0 Å². The number of ether oxygens (including phenoxy) is 1. The van der Waals surface area contributed by atoms with Gasteiger partial charge in [-0.1, -0.05) is 0 Å². The van der Waals surface area contributed by atoms with Crippen LogP contribution in [0.4, 0.5) is 0 Å². The predicted octanol–water partition coefficient (Wildman–Crippen LogP) is 1.13. The van der Waals surface area contributed by atoms with E-state index in [0.717, 1.165) is 12.8 Å². The Kier molecular flexibility index (Phi) is 2.86. The Morgan fingerprint density at radius 1 is 0.938 bits per heavy atom. The summed E-state index contributed by atoms with van der Waals surface area (Å²) in [5, 5.41) is 0. The second kappa shape index (κ2) is 3.70. The van der Waals surface area contributed by atoms with E-state index in [1.54, 1.807) is 0 Å². The topological polar surface area (TPSA) is 53.7 Å². The third-order valence-corrected chi connectivity index (χ3v) is 4.15. The molecule has 2 aliphatic heterocycles. The van der Waals surface area contributed by atoms with Crippen molar-refractivity contribution in [3.63, 3.8) is 0 Å². The summed E-state index contributed by atoms with van der Waals surface area (Å²) in [5.41, 5.74) is 5.37. The van der Waals surface area contributed by atoms with Crippen molar-refractivity contribution in [3.05, 3.63) is 0 Å². The molecule has 0 aromatic rings. The largest absolute Gasteiger partial charge is 0.479 e. The molecule has 16 heavy (non-hydrogen) atoms. The highest BCUT2D eigenvalue weighted by atomic mass is 16.7. The second-order valence-corrected chi connectivity index (χ2v) is 5.93. The standard InChI is InChI=1S/C11H22BNO3/c1-9(2)10(3,4)16-12(15-9)11(13)5-7-14-8-6-11/h5-8,13H2,1-4H3. The zero-order valence-corrected chi connectivity index (χ0v) is 10.7. The summed E-state index contributed by atoms with van der Waals surface area (Å²) in [4.78, 5) is 0. The van der Waals surface area contributed by atoms with Crippen molar-refractivity contribution in [2.45, 2.75) is 57.2 Å². The van der Waals surface area contributed by atoms with E-state index in [4.69, 9.17) is 19.8 Å².